The highest BCUT2D eigenvalue weighted by atomic mass is 19.1. The molecule has 0 bridgehead atoms. The van der Waals surface area contributed by atoms with Gasteiger partial charge in [-0.1, -0.05) is 48.5 Å². The summed E-state index contributed by atoms with van der Waals surface area (Å²) in [4.78, 5) is 53.5. The van der Waals surface area contributed by atoms with Crippen LogP contribution in [0.15, 0.2) is 54.6 Å². The number of hydrogen-bond donors (Lipinski definition) is 5. The highest BCUT2D eigenvalue weighted by molar-refractivity contribution is 6.27. The monoisotopic (exact) mass is 549 g/mol. The fourth-order valence-electron chi connectivity index (χ4n) is 3.50. The molecular formula is C26H32FN3O9. The molecule has 3 rings (SSSR count). The zero-order valence-electron chi connectivity index (χ0n) is 21.5. The highest BCUT2D eigenvalue weighted by Gasteiger charge is 2.26. The van der Waals surface area contributed by atoms with Crippen LogP contribution in [0.25, 0.3) is 0 Å². The van der Waals surface area contributed by atoms with Gasteiger partial charge in [-0.05, 0) is 25.5 Å². The van der Waals surface area contributed by atoms with Crippen molar-refractivity contribution in [2.45, 2.75) is 32.5 Å². The zero-order chi connectivity index (χ0) is 29.5. The van der Waals surface area contributed by atoms with Crippen LogP contribution in [0.2, 0.25) is 0 Å². The van der Waals surface area contributed by atoms with E-state index in [-0.39, 0.29) is 23.8 Å². The van der Waals surface area contributed by atoms with Crippen molar-refractivity contribution in [3.8, 4) is 0 Å². The Morgan fingerprint density at radius 3 is 1.69 bits per heavy atom. The second-order valence-electron chi connectivity index (χ2n) is 8.44. The van der Waals surface area contributed by atoms with Gasteiger partial charge in [0.15, 0.2) is 0 Å². The Kier molecular flexibility index (Phi) is 13.8. The normalized spacial score (nSPS) is 14.7. The Balaban J connectivity index is 0.000000530. The first-order valence-electron chi connectivity index (χ1n) is 11.8. The van der Waals surface area contributed by atoms with Gasteiger partial charge < -0.3 is 25.7 Å². The molecule has 0 aromatic heterocycles. The van der Waals surface area contributed by atoms with Crippen molar-refractivity contribution < 1.29 is 48.8 Å². The van der Waals surface area contributed by atoms with Crippen LogP contribution < -0.4 is 5.32 Å². The van der Waals surface area contributed by atoms with Crippen LogP contribution in [-0.2, 0) is 30.5 Å². The maximum Gasteiger partial charge on any atom is 0.414 e. The van der Waals surface area contributed by atoms with Crippen LogP contribution >= 0.6 is 0 Å². The van der Waals surface area contributed by atoms with Gasteiger partial charge in [0.05, 0.1) is 12.1 Å². The molecule has 1 aliphatic rings. The fraction of sp³-hybridized carbons (Fsp3) is 0.346. The van der Waals surface area contributed by atoms with E-state index in [9.17, 15) is 9.18 Å². The summed E-state index contributed by atoms with van der Waals surface area (Å²) in [6, 6.07) is 16.7. The minimum absolute atomic E-state index is 0.0107. The molecule has 12 nitrogen and oxygen atoms in total. The van der Waals surface area contributed by atoms with Crippen molar-refractivity contribution in [1.82, 2.24) is 15.1 Å². The summed E-state index contributed by atoms with van der Waals surface area (Å²) in [6.45, 7) is 7.86. The highest BCUT2D eigenvalue weighted by Crippen LogP contribution is 2.15. The summed E-state index contributed by atoms with van der Waals surface area (Å²) < 4.78 is 13.8. The quantitative estimate of drug-likeness (QED) is 0.329. The predicted molar refractivity (Wildman–Crippen MR) is 136 cm³/mol. The van der Waals surface area contributed by atoms with Gasteiger partial charge in [-0.15, -0.1) is 0 Å². The van der Waals surface area contributed by atoms with Crippen molar-refractivity contribution in [3.05, 3.63) is 71.5 Å². The van der Waals surface area contributed by atoms with Crippen LogP contribution in [0.4, 0.5) is 4.39 Å². The lowest BCUT2D eigenvalue weighted by Gasteiger charge is -2.37. The van der Waals surface area contributed by atoms with Gasteiger partial charge in [-0.3, -0.25) is 14.6 Å². The van der Waals surface area contributed by atoms with Gasteiger partial charge in [0, 0.05) is 38.3 Å². The summed E-state index contributed by atoms with van der Waals surface area (Å²) in [5, 5.41) is 32.7. The molecule has 1 saturated heterocycles. The summed E-state index contributed by atoms with van der Waals surface area (Å²) in [5.41, 5.74) is 1.83. The summed E-state index contributed by atoms with van der Waals surface area (Å²) in [7, 11) is 0. The minimum Gasteiger partial charge on any atom is -0.473 e. The summed E-state index contributed by atoms with van der Waals surface area (Å²) in [5.74, 6) is -7.40. The zero-order valence-corrected chi connectivity index (χ0v) is 21.5. The lowest BCUT2D eigenvalue weighted by molar-refractivity contribution is -0.159. The molecule has 5 N–H and O–H groups in total. The number of carbonyl (C=O) groups is 5. The molecular weight excluding hydrogens is 517 g/mol. The van der Waals surface area contributed by atoms with Gasteiger partial charge in [0.2, 0.25) is 5.91 Å². The number of carboxylic acid groups (broad SMARTS) is 4. The Hall–Kier alpha value is -4.36. The van der Waals surface area contributed by atoms with Crippen LogP contribution in [-0.4, -0.2) is 92.2 Å². The van der Waals surface area contributed by atoms with E-state index in [0.29, 0.717) is 6.54 Å². The lowest BCUT2D eigenvalue weighted by Crippen LogP contribution is -2.53. The van der Waals surface area contributed by atoms with Crippen molar-refractivity contribution >= 4 is 29.8 Å². The molecule has 39 heavy (non-hydrogen) atoms. The molecule has 0 spiro atoms. The number of benzene rings is 2. The Morgan fingerprint density at radius 2 is 1.23 bits per heavy atom. The van der Waals surface area contributed by atoms with Crippen LogP contribution in [0, 0.1) is 5.82 Å². The number of aliphatic carboxylic acids is 4. The van der Waals surface area contributed by atoms with Crippen molar-refractivity contribution in [1.29, 1.82) is 0 Å². The molecule has 2 aromatic carbocycles. The van der Waals surface area contributed by atoms with Crippen molar-refractivity contribution in [2.75, 3.05) is 26.2 Å². The Morgan fingerprint density at radius 1 is 0.769 bits per heavy atom. The van der Waals surface area contributed by atoms with Crippen LogP contribution in [0.3, 0.4) is 0 Å². The van der Waals surface area contributed by atoms with Gasteiger partial charge in [-0.25, -0.2) is 23.6 Å². The molecule has 1 fully saturated rings. The molecule has 1 heterocycles. The Labute approximate surface area is 224 Å². The molecule has 0 radical (unpaired) electrons. The number of hydrogen-bond acceptors (Lipinski definition) is 7. The molecule has 2 atom stereocenters. The Bertz CT molecular complexity index is 1070. The molecule has 2 aromatic rings. The number of carbonyl (C=O) groups excluding carboxylic acids is 1. The first-order valence-corrected chi connectivity index (χ1v) is 11.8. The number of nitrogens with zero attached hydrogens (tertiary/aromatic N) is 2. The second-order valence-corrected chi connectivity index (χ2v) is 8.44. The van der Waals surface area contributed by atoms with E-state index in [0.717, 1.165) is 37.3 Å². The van der Waals surface area contributed by atoms with E-state index in [4.69, 9.17) is 39.6 Å². The molecule has 0 saturated carbocycles. The van der Waals surface area contributed by atoms with E-state index < -0.39 is 23.9 Å². The van der Waals surface area contributed by atoms with E-state index in [1.54, 1.807) is 6.07 Å². The molecule has 1 aliphatic heterocycles. The first-order chi connectivity index (χ1) is 18.3. The summed E-state index contributed by atoms with van der Waals surface area (Å²) >= 11 is 0. The average molecular weight is 550 g/mol. The molecule has 0 aliphatic carbocycles. The van der Waals surface area contributed by atoms with Gasteiger partial charge in [0.1, 0.15) is 5.82 Å². The third-order valence-electron chi connectivity index (χ3n) is 5.71. The predicted octanol–water partition coefficient (Wildman–Crippen LogP) is 1.52. The third kappa shape index (κ3) is 12.2. The maximum atomic E-state index is 13.8. The molecule has 1 amide bonds. The SMILES string of the molecule is CC(NC(=O)C(C)N1CCN(Cc2ccccc2F)CC1)c1ccccc1.O=C(O)C(=O)O.O=C(O)C(=O)O. The van der Waals surface area contributed by atoms with E-state index in [2.05, 4.69) is 15.1 Å². The van der Waals surface area contributed by atoms with Crippen molar-refractivity contribution in [2.24, 2.45) is 0 Å². The van der Waals surface area contributed by atoms with Crippen LogP contribution in [0.5, 0.6) is 0 Å². The largest absolute Gasteiger partial charge is 0.473 e. The number of amides is 1. The standard InChI is InChI=1S/C22H28FN3O.2C2H2O4/c1-17(19-8-4-3-5-9-19)24-22(27)18(2)26-14-12-25(13-15-26)16-20-10-6-7-11-21(20)23;2*3-1(4)2(5)6/h3-11,17-18H,12-16H2,1-2H3,(H,24,27);2*(H,3,4)(H,5,6). The number of piperazine rings is 1. The molecule has 212 valence electrons. The fourth-order valence-corrected chi connectivity index (χ4v) is 3.50. The average Bonchev–Trinajstić information content (AvgIpc) is 2.91. The third-order valence-corrected chi connectivity index (χ3v) is 5.71. The van der Waals surface area contributed by atoms with Gasteiger partial charge in [-0.2, -0.15) is 0 Å². The number of carboxylic acids is 4. The van der Waals surface area contributed by atoms with Gasteiger partial charge >= 0.3 is 23.9 Å². The maximum absolute atomic E-state index is 13.8. The number of rotatable bonds is 6. The van der Waals surface area contributed by atoms with Crippen LogP contribution in [0.1, 0.15) is 31.0 Å². The summed E-state index contributed by atoms with van der Waals surface area (Å²) in [6.07, 6.45) is 0. The second kappa shape index (κ2) is 16.5. The smallest absolute Gasteiger partial charge is 0.414 e. The minimum atomic E-state index is -1.82. The first kappa shape index (κ1) is 32.7. The van der Waals surface area contributed by atoms with Crippen molar-refractivity contribution in [3.63, 3.8) is 0 Å². The number of halogens is 1. The number of nitrogens with one attached hydrogen (secondary N) is 1. The van der Waals surface area contributed by atoms with E-state index in [1.807, 2.05) is 56.3 Å². The topological polar surface area (TPSA) is 185 Å². The molecule has 2 unspecified atom stereocenters. The van der Waals surface area contributed by atoms with E-state index in [1.165, 1.54) is 6.07 Å². The van der Waals surface area contributed by atoms with Gasteiger partial charge in [0.25, 0.3) is 0 Å². The molecule has 13 heteroatoms. The van der Waals surface area contributed by atoms with E-state index >= 15 is 0 Å². The lowest BCUT2D eigenvalue weighted by atomic mass is 10.1.